The van der Waals surface area contributed by atoms with Crippen molar-refractivity contribution in [2.75, 3.05) is 0 Å². The summed E-state index contributed by atoms with van der Waals surface area (Å²) in [5, 5.41) is 2.48. The Labute approximate surface area is 155 Å². The summed E-state index contributed by atoms with van der Waals surface area (Å²) in [6.07, 6.45) is 0.883. The van der Waals surface area contributed by atoms with Crippen molar-refractivity contribution >= 4 is 11.8 Å². The summed E-state index contributed by atoms with van der Waals surface area (Å²) >= 11 is 0. The lowest BCUT2D eigenvalue weighted by atomic mass is 9.73. The molecule has 3 heteroatoms. The second kappa shape index (κ2) is 6.56. The summed E-state index contributed by atoms with van der Waals surface area (Å²) in [6, 6.07) is 14.7. The molecule has 0 saturated carbocycles. The predicted molar refractivity (Wildman–Crippen MR) is 105 cm³/mol. The molecule has 0 spiro atoms. The minimum absolute atomic E-state index is 0.0373. The van der Waals surface area contributed by atoms with Crippen LogP contribution in [0.1, 0.15) is 50.3 Å². The van der Waals surface area contributed by atoms with Gasteiger partial charge in [-0.15, -0.1) is 0 Å². The van der Waals surface area contributed by atoms with E-state index in [1.807, 2.05) is 13.8 Å². The number of amides is 2. The van der Waals surface area contributed by atoms with Gasteiger partial charge >= 0.3 is 0 Å². The van der Waals surface area contributed by atoms with Gasteiger partial charge in [0, 0.05) is 5.57 Å². The molecule has 1 unspecified atom stereocenters. The second-order valence-electron chi connectivity index (χ2n) is 7.71. The smallest absolute Gasteiger partial charge is 0.252 e. The minimum atomic E-state index is -0.727. The summed E-state index contributed by atoms with van der Waals surface area (Å²) in [4.78, 5) is 24.6. The quantitative estimate of drug-likeness (QED) is 0.701. The number of benzene rings is 2. The summed E-state index contributed by atoms with van der Waals surface area (Å²) in [6.45, 7) is 11.0. The molecule has 0 bridgehead atoms. The Bertz CT molecular complexity index is 908. The van der Waals surface area contributed by atoms with Crippen LogP contribution in [0.3, 0.4) is 0 Å². The number of nitrogens with one attached hydrogen (secondary N) is 1. The number of carbonyl (C=O) groups excluding carboxylic acids is 2. The Morgan fingerprint density at radius 3 is 2.42 bits per heavy atom. The van der Waals surface area contributed by atoms with E-state index in [0.29, 0.717) is 5.57 Å². The first-order valence-corrected chi connectivity index (χ1v) is 8.94. The molecule has 1 N–H and O–H groups in total. The van der Waals surface area contributed by atoms with Crippen LogP contribution in [0, 0.1) is 5.41 Å². The predicted octanol–water partition coefficient (Wildman–Crippen LogP) is 4.61. The Hall–Kier alpha value is -2.68. The average molecular weight is 347 g/mol. The molecule has 0 radical (unpaired) electrons. The molecule has 0 aromatic heterocycles. The van der Waals surface area contributed by atoms with Crippen molar-refractivity contribution in [1.82, 2.24) is 5.32 Å². The van der Waals surface area contributed by atoms with Crippen LogP contribution in [-0.2, 0) is 16.0 Å². The van der Waals surface area contributed by atoms with Gasteiger partial charge in [0.1, 0.15) is 0 Å². The van der Waals surface area contributed by atoms with Crippen molar-refractivity contribution in [3.63, 3.8) is 0 Å². The van der Waals surface area contributed by atoms with Crippen molar-refractivity contribution in [1.29, 1.82) is 0 Å². The van der Waals surface area contributed by atoms with Crippen molar-refractivity contribution in [3.05, 3.63) is 71.3 Å². The molecule has 2 aromatic carbocycles. The minimum Gasteiger partial charge on any atom is -0.292 e. The van der Waals surface area contributed by atoms with Gasteiger partial charge in [-0.05, 0) is 47.1 Å². The van der Waals surface area contributed by atoms with E-state index in [1.165, 1.54) is 27.8 Å². The van der Waals surface area contributed by atoms with Crippen molar-refractivity contribution in [3.8, 4) is 11.1 Å². The fourth-order valence-electron chi connectivity index (χ4n) is 3.54. The zero-order chi connectivity index (χ0) is 19.1. The Kier molecular flexibility index (Phi) is 4.57. The van der Waals surface area contributed by atoms with Crippen LogP contribution in [0.15, 0.2) is 54.6 Å². The molecule has 0 aliphatic heterocycles. The Morgan fingerprint density at radius 1 is 1.08 bits per heavy atom. The first-order valence-electron chi connectivity index (χ1n) is 8.94. The van der Waals surface area contributed by atoms with Gasteiger partial charge in [-0.25, -0.2) is 0 Å². The van der Waals surface area contributed by atoms with E-state index in [9.17, 15) is 9.59 Å². The largest absolute Gasteiger partial charge is 0.292 e. The van der Waals surface area contributed by atoms with Gasteiger partial charge in [0.05, 0.1) is 5.41 Å². The standard InChI is InChI=1S/C23H25NO2/c1-14(2)21(25)24-22(26)23(4,5)15(3)17-11-8-12-19-18-10-7-6-9-16(18)13-20(17)19/h6-12,15H,1,13H2,2-5H3,(H,24,25,26). The molecule has 1 atom stereocenters. The summed E-state index contributed by atoms with van der Waals surface area (Å²) in [5.74, 6) is -0.725. The molecule has 0 fully saturated rings. The maximum atomic E-state index is 12.7. The third-order valence-electron chi connectivity index (χ3n) is 5.64. The second-order valence-corrected chi connectivity index (χ2v) is 7.71. The summed E-state index contributed by atoms with van der Waals surface area (Å²) < 4.78 is 0. The van der Waals surface area contributed by atoms with Crippen LogP contribution in [0.5, 0.6) is 0 Å². The van der Waals surface area contributed by atoms with E-state index in [1.54, 1.807) is 6.92 Å². The van der Waals surface area contributed by atoms with E-state index in [-0.39, 0.29) is 11.8 Å². The SMILES string of the molecule is C=C(C)C(=O)NC(=O)C(C)(C)C(C)c1cccc2c1Cc1ccccc1-2. The van der Waals surface area contributed by atoms with E-state index in [4.69, 9.17) is 0 Å². The van der Waals surface area contributed by atoms with E-state index >= 15 is 0 Å². The lowest BCUT2D eigenvalue weighted by Crippen LogP contribution is -2.43. The van der Waals surface area contributed by atoms with Gasteiger partial charge in [-0.2, -0.15) is 0 Å². The van der Waals surface area contributed by atoms with Crippen LogP contribution in [0.4, 0.5) is 0 Å². The Balaban J connectivity index is 1.94. The maximum Gasteiger partial charge on any atom is 0.252 e. The normalized spacial score (nSPS) is 13.5. The number of fused-ring (bicyclic) bond motifs is 3. The maximum absolute atomic E-state index is 12.7. The van der Waals surface area contributed by atoms with Gasteiger partial charge in [-0.1, -0.05) is 69.8 Å². The first-order chi connectivity index (χ1) is 12.2. The monoisotopic (exact) mass is 347 g/mol. The van der Waals surface area contributed by atoms with Gasteiger partial charge in [0.25, 0.3) is 5.91 Å². The highest BCUT2D eigenvalue weighted by Crippen LogP contribution is 2.44. The number of rotatable bonds is 4. The molecule has 3 nitrogen and oxygen atoms in total. The molecule has 1 aliphatic rings. The fourth-order valence-corrected chi connectivity index (χ4v) is 3.54. The lowest BCUT2D eigenvalue weighted by molar-refractivity contribution is -0.135. The topological polar surface area (TPSA) is 46.2 Å². The Morgan fingerprint density at radius 2 is 1.73 bits per heavy atom. The molecule has 2 amide bonds. The molecular formula is C23H25NO2. The highest BCUT2D eigenvalue weighted by molar-refractivity contribution is 6.05. The molecule has 1 aliphatic carbocycles. The van der Waals surface area contributed by atoms with Crippen LogP contribution in [0.25, 0.3) is 11.1 Å². The zero-order valence-corrected chi connectivity index (χ0v) is 15.8. The van der Waals surface area contributed by atoms with Crippen LogP contribution >= 0.6 is 0 Å². The van der Waals surface area contributed by atoms with Crippen molar-refractivity contribution < 1.29 is 9.59 Å². The van der Waals surface area contributed by atoms with Gasteiger partial charge in [-0.3, -0.25) is 14.9 Å². The number of imide groups is 1. The number of hydrogen-bond acceptors (Lipinski definition) is 2. The third kappa shape index (κ3) is 2.98. The van der Waals surface area contributed by atoms with Crippen molar-refractivity contribution in [2.45, 2.75) is 40.0 Å². The third-order valence-corrected chi connectivity index (χ3v) is 5.64. The summed E-state index contributed by atoms with van der Waals surface area (Å²) in [7, 11) is 0. The molecular weight excluding hydrogens is 322 g/mol. The highest BCUT2D eigenvalue weighted by atomic mass is 16.2. The van der Waals surface area contributed by atoms with Gasteiger partial charge < -0.3 is 0 Å². The van der Waals surface area contributed by atoms with E-state index in [0.717, 1.165) is 6.42 Å². The highest BCUT2D eigenvalue weighted by Gasteiger charge is 2.37. The molecule has 2 aromatic rings. The first kappa shape index (κ1) is 18.1. The van der Waals surface area contributed by atoms with Gasteiger partial charge in [0.15, 0.2) is 0 Å². The summed E-state index contributed by atoms with van der Waals surface area (Å²) in [5.41, 5.74) is 5.90. The van der Waals surface area contributed by atoms with E-state index < -0.39 is 11.3 Å². The van der Waals surface area contributed by atoms with Crippen LogP contribution in [0.2, 0.25) is 0 Å². The number of hydrogen-bond donors (Lipinski definition) is 1. The molecule has 3 rings (SSSR count). The van der Waals surface area contributed by atoms with Gasteiger partial charge in [0.2, 0.25) is 5.91 Å². The zero-order valence-electron chi connectivity index (χ0n) is 15.8. The average Bonchev–Trinajstić information content (AvgIpc) is 2.99. The molecule has 26 heavy (non-hydrogen) atoms. The molecule has 0 saturated heterocycles. The lowest BCUT2D eigenvalue weighted by Gasteiger charge is -2.32. The fraction of sp³-hybridized carbons (Fsp3) is 0.304. The molecule has 0 heterocycles. The van der Waals surface area contributed by atoms with Crippen LogP contribution in [-0.4, -0.2) is 11.8 Å². The number of carbonyl (C=O) groups is 2. The molecule has 134 valence electrons. The van der Waals surface area contributed by atoms with E-state index in [2.05, 4.69) is 61.3 Å². The van der Waals surface area contributed by atoms with Crippen LogP contribution < -0.4 is 5.32 Å². The van der Waals surface area contributed by atoms with Crippen molar-refractivity contribution in [2.24, 2.45) is 5.41 Å².